The lowest BCUT2D eigenvalue weighted by Gasteiger charge is -2.32. The maximum absolute atomic E-state index is 13.6. The van der Waals surface area contributed by atoms with Crippen LogP contribution >= 0.6 is 11.8 Å². The van der Waals surface area contributed by atoms with Crippen LogP contribution in [0.2, 0.25) is 0 Å². The van der Waals surface area contributed by atoms with Gasteiger partial charge in [-0.05, 0) is 49.1 Å². The number of amides is 3. The molecule has 0 saturated carbocycles. The smallest absolute Gasteiger partial charge is 0.256 e. The molecule has 7 nitrogen and oxygen atoms in total. The van der Waals surface area contributed by atoms with E-state index in [1.807, 2.05) is 70.2 Å². The standard InChI is InChI=1S/C26H31N3O4S/c1-15(2)20(22(30)27-14-16-9-8-10-17(13-16)33-5)28-23(31)21-26(3,4)34-25-19-12-7-6-11-18(19)24(32)29(21)25/h6-13,15,20-21,25H,14H2,1-5H3,(H,27,30)(H,28,31)/t20-,21+,25?/m0/s1. The second-order valence-corrected chi connectivity index (χ2v) is 11.3. The summed E-state index contributed by atoms with van der Waals surface area (Å²) in [6.07, 6.45) is 0. The van der Waals surface area contributed by atoms with Crippen molar-refractivity contribution < 1.29 is 19.1 Å². The van der Waals surface area contributed by atoms with Crippen molar-refractivity contribution in [2.75, 3.05) is 7.11 Å². The number of rotatable bonds is 7. The van der Waals surface area contributed by atoms with Crippen molar-refractivity contribution >= 4 is 29.5 Å². The maximum Gasteiger partial charge on any atom is 0.256 e. The lowest BCUT2D eigenvalue weighted by atomic mass is 9.98. The van der Waals surface area contributed by atoms with Crippen LogP contribution in [0.3, 0.4) is 0 Å². The van der Waals surface area contributed by atoms with Crippen LogP contribution in [-0.2, 0) is 16.1 Å². The van der Waals surface area contributed by atoms with E-state index in [9.17, 15) is 14.4 Å². The summed E-state index contributed by atoms with van der Waals surface area (Å²) in [6, 6.07) is 13.6. The minimum atomic E-state index is -0.724. The van der Waals surface area contributed by atoms with Crippen LogP contribution in [0.25, 0.3) is 0 Å². The van der Waals surface area contributed by atoms with Crippen LogP contribution in [0.15, 0.2) is 48.5 Å². The number of nitrogens with zero attached hydrogens (tertiary/aromatic N) is 1. The van der Waals surface area contributed by atoms with Crippen LogP contribution in [0.4, 0.5) is 0 Å². The monoisotopic (exact) mass is 481 g/mol. The number of hydrogen-bond donors (Lipinski definition) is 2. The Labute approximate surface area is 204 Å². The van der Waals surface area contributed by atoms with Gasteiger partial charge < -0.3 is 20.3 Å². The summed E-state index contributed by atoms with van der Waals surface area (Å²) >= 11 is 1.61. The van der Waals surface area contributed by atoms with Gasteiger partial charge in [-0.25, -0.2) is 0 Å². The number of hydrogen-bond acceptors (Lipinski definition) is 5. The van der Waals surface area contributed by atoms with E-state index in [2.05, 4.69) is 10.6 Å². The second kappa shape index (κ2) is 9.33. The molecule has 0 aliphatic carbocycles. The average molecular weight is 482 g/mol. The molecule has 0 radical (unpaired) electrons. The van der Waals surface area contributed by atoms with E-state index in [0.717, 1.165) is 11.1 Å². The number of benzene rings is 2. The Hall–Kier alpha value is -3.00. The van der Waals surface area contributed by atoms with E-state index in [1.165, 1.54) is 0 Å². The molecule has 4 rings (SSSR count). The molecule has 180 valence electrons. The molecule has 0 bridgehead atoms. The van der Waals surface area contributed by atoms with Crippen molar-refractivity contribution in [3.63, 3.8) is 0 Å². The highest BCUT2D eigenvalue weighted by Gasteiger charge is 2.57. The fraction of sp³-hybridized carbons (Fsp3) is 0.423. The van der Waals surface area contributed by atoms with Crippen molar-refractivity contribution in [3.05, 3.63) is 65.2 Å². The fourth-order valence-corrected chi connectivity index (χ4v) is 6.24. The fourth-order valence-electron chi connectivity index (χ4n) is 4.65. The van der Waals surface area contributed by atoms with E-state index in [4.69, 9.17) is 4.74 Å². The molecule has 0 aromatic heterocycles. The van der Waals surface area contributed by atoms with Gasteiger partial charge in [-0.2, -0.15) is 0 Å². The number of carbonyl (C=O) groups is 3. The minimum absolute atomic E-state index is 0.131. The molecule has 2 heterocycles. The second-order valence-electron chi connectivity index (χ2n) is 9.58. The predicted molar refractivity (Wildman–Crippen MR) is 132 cm³/mol. The third-order valence-corrected chi connectivity index (χ3v) is 7.93. The molecule has 2 aliphatic rings. The zero-order valence-electron chi connectivity index (χ0n) is 20.1. The normalized spacial score (nSPS) is 21.1. The molecular formula is C26H31N3O4S. The summed E-state index contributed by atoms with van der Waals surface area (Å²) in [4.78, 5) is 41.5. The van der Waals surface area contributed by atoms with Crippen molar-refractivity contribution in [2.24, 2.45) is 5.92 Å². The van der Waals surface area contributed by atoms with Gasteiger partial charge in [0.15, 0.2) is 0 Å². The number of carbonyl (C=O) groups excluding carboxylic acids is 3. The summed E-state index contributed by atoms with van der Waals surface area (Å²) in [5.74, 6) is -0.123. The van der Waals surface area contributed by atoms with Crippen LogP contribution in [0.5, 0.6) is 5.75 Å². The van der Waals surface area contributed by atoms with Gasteiger partial charge >= 0.3 is 0 Å². The third-order valence-electron chi connectivity index (χ3n) is 6.39. The number of fused-ring (bicyclic) bond motifs is 3. The first-order valence-electron chi connectivity index (χ1n) is 11.4. The topological polar surface area (TPSA) is 87.7 Å². The molecule has 8 heteroatoms. The Morgan fingerprint density at radius 2 is 1.88 bits per heavy atom. The van der Waals surface area contributed by atoms with Gasteiger partial charge in [-0.1, -0.05) is 44.2 Å². The third kappa shape index (κ3) is 4.39. The van der Waals surface area contributed by atoms with Gasteiger partial charge in [0.2, 0.25) is 11.8 Å². The summed E-state index contributed by atoms with van der Waals surface area (Å²) in [7, 11) is 1.60. The molecule has 2 N–H and O–H groups in total. The van der Waals surface area contributed by atoms with Gasteiger partial charge in [0, 0.05) is 16.9 Å². The lowest BCUT2D eigenvalue weighted by molar-refractivity contribution is -0.132. The van der Waals surface area contributed by atoms with Gasteiger partial charge in [-0.15, -0.1) is 11.8 Å². The summed E-state index contributed by atoms with van der Waals surface area (Å²) in [6.45, 7) is 8.06. The largest absolute Gasteiger partial charge is 0.497 e. The molecule has 3 atom stereocenters. The first-order chi connectivity index (χ1) is 16.1. The Kier molecular flexibility index (Phi) is 6.62. The van der Waals surface area contributed by atoms with E-state index < -0.39 is 16.8 Å². The highest BCUT2D eigenvalue weighted by atomic mass is 32.2. The van der Waals surface area contributed by atoms with E-state index in [1.54, 1.807) is 29.8 Å². The summed E-state index contributed by atoms with van der Waals surface area (Å²) < 4.78 is 4.74. The average Bonchev–Trinajstić information content (AvgIpc) is 3.24. The minimum Gasteiger partial charge on any atom is -0.497 e. The molecule has 34 heavy (non-hydrogen) atoms. The molecule has 3 amide bonds. The first kappa shape index (κ1) is 24.1. The quantitative estimate of drug-likeness (QED) is 0.632. The van der Waals surface area contributed by atoms with Crippen molar-refractivity contribution in [3.8, 4) is 5.75 Å². The Bertz CT molecular complexity index is 1120. The molecule has 1 fully saturated rings. The van der Waals surface area contributed by atoms with Crippen molar-refractivity contribution in [1.82, 2.24) is 15.5 Å². The Morgan fingerprint density at radius 3 is 2.59 bits per heavy atom. The van der Waals surface area contributed by atoms with Crippen LogP contribution in [0.1, 0.15) is 54.6 Å². The van der Waals surface area contributed by atoms with E-state index in [0.29, 0.717) is 17.9 Å². The van der Waals surface area contributed by atoms with Crippen molar-refractivity contribution in [1.29, 1.82) is 0 Å². The van der Waals surface area contributed by atoms with Crippen molar-refractivity contribution in [2.45, 2.75) is 56.4 Å². The maximum atomic E-state index is 13.6. The molecular weight excluding hydrogens is 450 g/mol. The molecule has 2 aromatic carbocycles. The SMILES string of the molecule is COc1cccc(CNC(=O)[C@@H](NC(=O)[C@H]2N3C(=O)c4ccccc4C3SC2(C)C)C(C)C)c1. The van der Waals surface area contributed by atoms with E-state index >= 15 is 0 Å². The number of ether oxygens (including phenoxy) is 1. The van der Waals surface area contributed by atoms with Gasteiger partial charge in [-0.3, -0.25) is 14.4 Å². The molecule has 2 aliphatic heterocycles. The predicted octanol–water partition coefficient (Wildman–Crippen LogP) is 3.50. The highest BCUT2D eigenvalue weighted by Crippen LogP contribution is 2.56. The summed E-state index contributed by atoms with van der Waals surface area (Å²) in [5.41, 5.74) is 2.49. The Balaban J connectivity index is 1.49. The van der Waals surface area contributed by atoms with Crippen LogP contribution < -0.4 is 15.4 Å². The van der Waals surface area contributed by atoms with Crippen LogP contribution in [0, 0.1) is 5.92 Å². The lowest BCUT2D eigenvalue weighted by Crippen LogP contribution is -2.58. The number of nitrogens with one attached hydrogen (secondary N) is 2. The first-order valence-corrected chi connectivity index (χ1v) is 12.3. The summed E-state index contributed by atoms with van der Waals surface area (Å²) in [5, 5.41) is 5.67. The van der Waals surface area contributed by atoms with Crippen LogP contribution in [-0.4, -0.2) is 46.6 Å². The molecule has 0 spiro atoms. The molecule has 1 unspecified atom stereocenters. The zero-order valence-corrected chi connectivity index (χ0v) is 20.9. The van der Waals surface area contributed by atoms with Gasteiger partial charge in [0.05, 0.1) is 7.11 Å². The highest BCUT2D eigenvalue weighted by molar-refractivity contribution is 8.01. The van der Waals surface area contributed by atoms with Gasteiger partial charge in [0.1, 0.15) is 23.2 Å². The van der Waals surface area contributed by atoms with Gasteiger partial charge in [0.25, 0.3) is 5.91 Å². The molecule has 2 aromatic rings. The zero-order chi connectivity index (χ0) is 24.6. The Morgan fingerprint density at radius 1 is 1.15 bits per heavy atom. The number of thioether (sulfide) groups is 1. The van der Waals surface area contributed by atoms with E-state index in [-0.39, 0.29) is 29.0 Å². The number of methoxy groups -OCH3 is 1. The molecule has 1 saturated heterocycles.